The Morgan fingerprint density at radius 2 is 1.94 bits per heavy atom. The van der Waals surface area contributed by atoms with E-state index >= 15 is 0 Å². The zero-order chi connectivity index (χ0) is 13.0. The van der Waals surface area contributed by atoms with E-state index in [1.54, 1.807) is 0 Å². The standard InChI is InChI=1S/C13H19NO3S/c15-13-8-4-7-12(13)14-18(16,17)10-9-11-5-2-1-3-6-11/h1-3,5-6,12-15H,4,7-10H2/t12-,13-/m0/s1. The molecule has 0 saturated heterocycles. The summed E-state index contributed by atoms with van der Waals surface area (Å²) < 4.78 is 26.4. The van der Waals surface area contributed by atoms with Crippen molar-refractivity contribution in [1.29, 1.82) is 0 Å². The lowest BCUT2D eigenvalue weighted by Crippen LogP contribution is -2.41. The van der Waals surface area contributed by atoms with E-state index in [1.165, 1.54) is 0 Å². The van der Waals surface area contributed by atoms with Gasteiger partial charge in [-0.25, -0.2) is 13.1 Å². The fraction of sp³-hybridized carbons (Fsp3) is 0.538. The van der Waals surface area contributed by atoms with Crippen molar-refractivity contribution in [3.8, 4) is 0 Å². The van der Waals surface area contributed by atoms with Gasteiger partial charge in [0.15, 0.2) is 0 Å². The van der Waals surface area contributed by atoms with Gasteiger partial charge in [-0.1, -0.05) is 30.3 Å². The summed E-state index contributed by atoms with van der Waals surface area (Å²) in [5.74, 6) is 0.0697. The van der Waals surface area contributed by atoms with E-state index in [-0.39, 0.29) is 11.8 Å². The number of aryl methyl sites for hydroxylation is 1. The van der Waals surface area contributed by atoms with Crippen LogP contribution in [-0.4, -0.2) is 31.4 Å². The second kappa shape index (κ2) is 5.82. The van der Waals surface area contributed by atoms with Gasteiger partial charge >= 0.3 is 0 Å². The van der Waals surface area contributed by atoms with Crippen LogP contribution in [0.2, 0.25) is 0 Å². The molecule has 0 aliphatic heterocycles. The highest BCUT2D eigenvalue weighted by Crippen LogP contribution is 2.19. The maximum atomic E-state index is 11.9. The molecule has 1 aliphatic carbocycles. The molecule has 5 heteroatoms. The van der Waals surface area contributed by atoms with E-state index < -0.39 is 16.1 Å². The van der Waals surface area contributed by atoms with Crippen LogP contribution >= 0.6 is 0 Å². The van der Waals surface area contributed by atoms with Gasteiger partial charge in [0, 0.05) is 6.04 Å². The molecule has 1 fully saturated rings. The highest BCUT2D eigenvalue weighted by Gasteiger charge is 2.28. The molecule has 0 unspecified atom stereocenters. The third-order valence-electron chi connectivity index (χ3n) is 3.31. The molecule has 2 rings (SSSR count). The van der Waals surface area contributed by atoms with E-state index in [1.807, 2.05) is 30.3 Å². The maximum Gasteiger partial charge on any atom is 0.212 e. The van der Waals surface area contributed by atoms with E-state index in [0.717, 1.165) is 18.4 Å². The second-order valence-corrected chi connectivity index (χ2v) is 6.65. The van der Waals surface area contributed by atoms with Crippen LogP contribution in [0, 0.1) is 0 Å². The Bertz CT molecular complexity index is 472. The molecule has 4 nitrogen and oxygen atoms in total. The molecule has 0 spiro atoms. The Kier molecular flexibility index (Phi) is 4.37. The first-order valence-corrected chi connectivity index (χ1v) is 7.94. The van der Waals surface area contributed by atoms with Crippen molar-refractivity contribution in [2.75, 3.05) is 5.75 Å². The summed E-state index contributed by atoms with van der Waals surface area (Å²) in [6.07, 6.45) is 2.26. The molecule has 0 heterocycles. The van der Waals surface area contributed by atoms with Crippen LogP contribution in [0.25, 0.3) is 0 Å². The molecule has 0 bridgehead atoms. The lowest BCUT2D eigenvalue weighted by atomic mass is 10.2. The van der Waals surface area contributed by atoms with Crippen LogP contribution in [0.1, 0.15) is 24.8 Å². The molecular weight excluding hydrogens is 250 g/mol. The molecule has 2 atom stereocenters. The Balaban J connectivity index is 1.88. The van der Waals surface area contributed by atoms with Crippen molar-refractivity contribution in [1.82, 2.24) is 4.72 Å². The number of aliphatic hydroxyl groups is 1. The number of hydrogen-bond acceptors (Lipinski definition) is 3. The van der Waals surface area contributed by atoms with Gasteiger partial charge < -0.3 is 5.11 Å². The van der Waals surface area contributed by atoms with Gasteiger partial charge in [-0.15, -0.1) is 0 Å². The first-order chi connectivity index (χ1) is 8.57. The minimum Gasteiger partial charge on any atom is -0.391 e. The molecular formula is C13H19NO3S. The van der Waals surface area contributed by atoms with Gasteiger partial charge in [0.2, 0.25) is 10.0 Å². The van der Waals surface area contributed by atoms with Crippen LogP contribution in [0.15, 0.2) is 30.3 Å². The summed E-state index contributed by atoms with van der Waals surface area (Å²) in [4.78, 5) is 0. The topological polar surface area (TPSA) is 66.4 Å². The van der Waals surface area contributed by atoms with Crippen molar-refractivity contribution in [2.45, 2.75) is 37.8 Å². The van der Waals surface area contributed by atoms with Gasteiger partial charge in [-0.2, -0.15) is 0 Å². The first kappa shape index (κ1) is 13.5. The highest BCUT2D eigenvalue weighted by molar-refractivity contribution is 7.89. The second-order valence-electron chi connectivity index (χ2n) is 4.78. The zero-order valence-corrected chi connectivity index (χ0v) is 11.1. The van der Waals surface area contributed by atoms with Crippen LogP contribution in [0.4, 0.5) is 0 Å². The Morgan fingerprint density at radius 3 is 2.56 bits per heavy atom. The third-order valence-corrected chi connectivity index (χ3v) is 4.72. The summed E-state index contributed by atoms with van der Waals surface area (Å²) in [5.41, 5.74) is 1.01. The van der Waals surface area contributed by atoms with E-state index in [9.17, 15) is 13.5 Å². The lowest BCUT2D eigenvalue weighted by Gasteiger charge is -2.16. The third kappa shape index (κ3) is 3.80. The molecule has 18 heavy (non-hydrogen) atoms. The summed E-state index contributed by atoms with van der Waals surface area (Å²) in [6.45, 7) is 0. The molecule has 0 amide bonds. The Labute approximate surface area is 108 Å². The summed E-state index contributed by atoms with van der Waals surface area (Å²) >= 11 is 0. The molecule has 2 N–H and O–H groups in total. The van der Waals surface area contributed by atoms with Crippen LogP contribution in [0.3, 0.4) is 0 Å². The first-order valence-electron chi connectivity index (χ1n) is 6.29. The van der Waals surface area contributed by atoms with Gasteiger partial charge in [0.05, 0.1) is 11.9 Å². The number of nitrogens with one attached hydrogen (secondary N) is 1. The average molecular weight is 269 g/mol. The fourth-order valence-corrected chi connectivity index (χ4v) is 3.62. The number of sulfonamides is 1. The largest absolute Gasteiger partial charge is 0.391 e. The molecule has 1 aromatic rings. The normalized spacial score (nSPS) is 24.3. The molecule has 1 aliphatic rings. The lowest BCUT2D eigenvalue weighted by molar-refractivity contribution is 0.159. The monoisotopic (exact) mass is 269 g/mol. The van der Waals surface area contributed by atoms with Crippen molar-refractivity contribution in [2.24, 2.45) is 0 Å². The van der Waals surface area contributed by atoms with Crippen molar-refractivity contribution < 1.29 is 13.5 Å². The van der Waals surface area contributed by atoms with Gasteiger partial charge in [0.1, 0.15) is 0 Å². The number of hydrogen-bond donors (Lipinski definition) is 2. The predicted octanol–water partition coefficient (Wildman–Crippen LogP) is 1.06. The fourth-order valence-electron chi connectivity index (χ4n) is 2.26. The van der Waals surface area contributed by atoms with Crippen LogP contribution in [-0.2, 0) is 16.4 Å². The molecule has 1 saturated carbocycles. The number of aliphatic hydroxyl groups excluding tert-OH is 1. The Morgan fingerprint density at radius 1 is 1.22 bits per heavy atom. The predicted molar refractivity (Wildman–Crippen MR) is 70.7 cm³/mol. The smallest absolute Gasteiger partial charge is 0.212 e. The zero-order valence-electron chi connectivity index (χ0n) is 10.2. The minimum atomic E-state index is -3.31. The van der Waals surface area contributed by atoms with E-state index in [0.29, 0.717) is 12.8 Å². The van der Waals surface area contributed by atoms with E-state index in [4.69, 9.17) is 0 Å². The number of benzene rings is 1. The van der Waals surface area contributed by atoms with Gasteiger partial charge in [-0.05, 0) is 31.2 Å². The molecule has 100 valence electrons. The Hall–Kier alpha value is -0.910. The maximum absolute atomic E-state index is 11.9. The summed E-state index contributed by atoms with van der Waals surface area (Å²) in [7, 11) is -3.31. The SMILES string of the molecule is O=S(=O)(CCc1ccccc1)N[C@H]1CCC[C@@H]1O. The highest BCUT2D eigenvalue weighted by atomic mass is 32.2. The van der Waals surface area contributed by atoms with Gasteiger partial charge in [-0.3, -0.25) is 0 Å². The summed E-state index contributed by atoms with van der Waals surface area (Å²) in [5, 5.41) is 9.61. The van der Waals surface area contributed by atoms with Crippen LogP contribution in [0.5, 0.6) is 0 Å². The van der Waals surface area contributed by atoms with Crippen molar-refractivity contribution in [3.63, 3.8) is 0 Å². The molecule has 0 radical (unpaired) electrons. The van der Waals surface area contributed by atoms with E-state index in [2.05, 4.69) is 4.72 Å². The van der Waals surface area contributed by atoms with Crippen molar-refractivity contribution >= 4 is 10.0 Å². The quantitative estimate of drug-likeness (QED) is 0.840. The minimum absolute atomic E-state index is 0.0697. The van der Waals surface area contributed by atoms with Crippen LogP contribution < -0.4 is 4.72 Å². The van der Waals surface area contributed by atoms with Gasteiger partial charge in [0.25, 0.3) is 0 Å². The molecule has 1 aromatic carbocycles. The van der Waals surface area contributed by atoms with Crippen molar-refractivity contribution in [3.05, 3.63) is 35.9 Å². The number of rotatable bonds is 5. The summed E-state index contributed by atoms with van der Waals surface area (Å²) in [6, 6.07) is 9.24. The molecule has 0 aromatic heterocycles. The average Bonchev–Trinajstić information content (AvgIpc) is 2.73.